The summed E-state index contributed by atoms with van der Waals surface area (Å²) in [6.45, 7) is 9.13. The fraction of sp³-hybridized carbons (Fsp3) is 0.897. The quantitative estimate of drug-likeness (QED) is 0.0275. The van der Waals surface area contributed by atoms with E-state index in [1.54, 1.807) is 21.7 Å². The second kappa shape index (κ2) is 63.9. The minimum absolute atomic E-state index is 0.0736. The molecule has 0 radical (unpaired) electrons. The van der Waals surface area contributed by atoms with Gasteiger partial charge in [0.05, 0.1) is 0 Å². The SMILES string of the molecule is CCCCCCCC/C=C\CCCCCCCCC(CS)C(=O)[O-].CCCCCCCC/C=C\CCCCCCCCC(CS)C(=O)[O-].CCCCCCC[CH2][Sn+2][CH2]CCCCCCC. The molecule has 0 bridgehead atoms. The molecule has 0 saturated carbocycles. The molecule has 0 saturated heterocycles. The van der Waals surface area contributed by atoms with Crippen molar-refractivity contribution >= 4 is 58.3 Å². The van der Waals surface area contributed by atoms with Crippen LogP contribution in [0.15, 0.2) is 24.3 Å². The number of hydrogen-bond acceptors (Lipinski definition) is 6. The van der Waals surface area contributed by atoms with Crippen molar-refractivity contribution in [3.63, 3.8) is 0 Å². The van der Waals surface area contributed by atoms with Gasteiger partial charge >= 0.3 is 121 Å². The van der Waals surface area contributed by atoms with Crippen molar-refractivity contribution in [2.75, 3.05) is 11.5 Å². The summed E-state index contributed by atoms with van der Waals surface area (Å²) in [5, 5.41) is 21.5. The van der Waals surface area contributed by atoms with Crippen LogP contribution in [0.3, 0.4) is 0 Å². The first-order valence-electron chi connectivity index (χ1n) is 28.5. The number of carbonyl (C=O) groups excluding carboxylic acids is 2. The van der Waals surface area contributed by atoms with Crippen molar-refractivity contribution in [1.82, 2.24) is 0 Å². The molecule has 65 heavy (non-hydrogen) atoms. The van der Waals surface area contributed by atoms with Gasteiger partial charge < -0.3 is 19.8 Å². The Labute approximate surface area is 429 Å². The zero-order chi connectivity index (χ0) is 48.4. The second-order valence-electron chi connectivity index (χ2n) is 19.1. The maximum absolute atomic E-state index is 10.8. The molecule has 0 amide bonds. The summed E-state index contributed by atoms with van der Waals surface area (Å²) in [6, 6.07) is 0. The minimum atomic E-state index is -0.947. The van der Waals surface area contributed by atoms with E-state index in [2.05, 4.69) is 77.3 Å². The van der Waals surface area contributed by atoms with Gasteiger partial charge in [-0.25, -0.2) is 0 Å². The molecule has 0 heterocycles. The third-order valence-electron chi connectivity index (χ3n) is 12.7. The van der Waals surface area contributed by atoms with E-state index in [9.17, 15) is 19.8 Å². The summed E-state index contributed by atoms with van der Waals surface area (Å²) in [7, 11) is 0. The molecule has 0 aromatic rings. The molecule has 2 unspecified atom stereocenters. The summed E-state index contributed by atoms with van der Waals surface area (Å²) in [4.78, 5) is 21.5. The van der Waals surface area contributed by atoms with Crippen molar-refractivity contribution in [3.8, 4) is 0 Å². The van der Waals surface area contributed by atoms with Crippen LogP contribution in [0.25, 0.3) is 0 Å². The average Bonchev–Trinajstić information content (AvgIpc) is 3.30. The number of allylic oxidation sites excluding steroid dienone is 4. The fourth-order valence-electron chi connectivity index (χ4n) is 8.03. The molecule has 0 aromatic carbocycles. The Hall–Kier alpha value is -0.0813. The number of thiol groups is 2. The molecule has 0 N–H and O–H groups in total. The Bertz CT molecular complexity index is 886. The number of unbranched alkanes of at least 4 members (excludes halogenated alkanes) is 34. The molecule has 0 aliphatic heterocycles. The van der Waals surface area contributed by atoms with Crippen LogP contribution in [0.4, 0.5) is 0 Å². The van der Waals surface area contributed by atoms with Crippen LogP contribution in [0.2, 0.25) is 8.87 Å². The molecule has 0 aliphatic carbocycles. The van der Waals surface area contributed by atoms with E-state index in [4.69, 9.17) is 0 Å². The zero-order valence-electron chi connectivity index (χ0n) is 44.0. The molecule has 2 atom stereocenters. The molecule has 0 aromatic heterocycles. The van der Waals surface area contributed by atoms with Crippen LogP contribution in [-0.2, 0) is 9.59 Å². The number of carbonyl (C=O) groups is 2. The maximum atomic E-state index is 10.8. The van der Waals surface area contributed by atoms with Gasteiger partial charge in [0.25, 0.3) is 0 Å². The van der Waals surface area contributed by atoms with Crippen LogP contribution in [0.1, 0.15) is 297 Å². The average molecular weight is 1060 g/mol. The molecular formula is C58H112O4S2Sn. The Balaban J connectivity index is -0.000000902. The van der Waals surface area contributed by atoms with E-state index in [1.165, 1.54) is 218 Å². The predicted octanol–water partition coefficient (Wildman–Crippen LogP) is 17.7. The monoisotopic (exact) mass is 1060 g/mol. The fourth-order valence-corrected chi connectivity index (χ4v) is 12.3. The Morgan fingerprint density at radius 1 is 0.354 bits per heavy atom. The first kappa shape index (κ1) is 69.2. The molecule has 7 heteroatoms. The topological polar surface area (TPSA) is 80.3 Å². The number of rotatable bonds is 50. The van der Waals surface area contributed by atoms with E-state index in [1.807, 2.05) is 0 Å². The second-order valence-corrected chi connectivity index (χ2v) is 24.1. The van der Waals surface area contributed by atoms with Gasteiger partial charge in [-0.3, -0.25) is 0 Å². The van der Waals surface area contributed by atoms with Gasteiger partial charge in [-0.1, -0.05) is 167 Å². The number of aliphatic carboxylic acids is 2. The van der Waals surface area contributed by atoms with Crippen molar-refractivity contribution < 1.29 is 19.8 Å². The van der Waals surface area contributed by atoms with Gasteiger partial charge in [0.15, 0.2) is 0 Å². The normalized spacial score (nSPS) is 12.2. The number of carboxylic acid groups (broad SMARTS) is 2. The number of hydrogen-bond donors (Lipinski definition) is 2. The Morgan fingerprint density at radius 2 is 0.569 bits per heavy atom. The molecular weight excluding hydrogens is 943 g/mol. The van der Waals surface area contributed by atoms with Gasteiger partial charge in [-0.2, -0.15) is 25.3 Å². The van der Waals surface area contributed by atoms with E-state index in [0.717, 1.165) is 25.7 Å². The third-order valence-corrected chi connectivity index (χ3v) is 17.6. The van der Waals surface area contributed by atoms with Gasteiger partial charge in [0.1, 0.15) is 0 Å². The van der Waals surface area contributed by atoms with Crippen molar-refractivity contribution in [2.45, 2.75) is 306 Å². The van der Waals surface area contributed by atoms with E-state index < -0.39 is 11.9 Å². The molecule has 4 nitrogen and oxygen atoms in total. The third kappa shape index (κ3) is 63.9. The summed E-state index contributed by atoms with van der Waals surface area (Å²) < 4.78 is 3.31. The van der Waals surface area contributed by atoms with E-state index in [0.29, 0.717) is 24.3 Å². The van der Waals surface area contributed by atoms with Crippen LogP contribution in [-0.4, -0.2) is 44.6 Å². The summed E-state index contributed by atoms with van der Waals surface area (Å²) in [5.74, 6) is -1.84. The molecule has 0 rings (SSSR count). The van der Waals surface area contributed by atoms with Gasteiger partial charge in [0, 0.05) is 23.8 Å². The Kier molecular flexibility index (Phi) is 68.0. The first-order valence-corrected chi connectivity index (χ1v) is 33.8. The predicted molar refractivity (Wildman–Crippen MR) is 295 cm³/mol. The number of carboxylic acids is 2. The van der Waals surface area contributed by atoms with Crippen LogP contribution in [0, 0.1) is 11.8 Å². The van der Waals surface area contributed by atoms with Crippen LogP contribution >= 0.6 is 25.3 Å². The van der Waals surface area contributed by atoms with E-state index in [-0.39, 0.29) is 33.0 Å². The first-order chi connectivity index (χ1) is 31.9. The molecule has 384 valence electrons. The standard InChI is InChI=1S/2C21H40O2S.2C8H17.Sn/c2*1-2-3-4-5-6-7-8-9-10-11-12-13-14-15-16-17-18-20(19-24)21(22)23;2*1-3-5-7-8-6-4-2;/h2*9-10,20,24H,2-8,11-19H2,1H3,(H,22,23);2*1,3-8H2,2H3;/q;;;;+2/p-2/b2*10-9-;;;. The summed E-state index contributed by atoms with van der Waals surface area (Å²) >= 11 is 8.19. The molecule has 0 aliphatic rings. The molecule has 0 spiro atoms. The van der Waals surface area contributed by atoms with Gasteiger partial charge in [-0.15, -0.1) is 0 Å². The zero-order valence-corrected chi connectivity index (χ0v) is 48.7. The van der Waals surface area contributed by atoms with Crippen molar-refractivity contribution in [2.24, 2.45) is 11.8 Å². The summed E-state index contributed by atoms with van der Waals surface area (Å²) in [6.07, 6.45) is 64.5. The van der Waals surface area contributed by atoms with Gasteiger partial charge in [0.2, 0.25) is 0 Å². The van der Waals surface area contributed by atoms with Crippen LogP contribution < -0.4 is 10.2 Å². The Morgan fingerprint density at radius 3 is 0.800 bits per heavy atom. The van der Waals surface area contributed by atoms with E-state index >= 15 is 0 Å². The van der Waals surface area contributed by atoms with Gasteiger partial charge in [-0.05, 0) is 75.7 Å². The summed E-state index contributed by atoms with van der Waals surface area (Å²) in [5.41, 5.74) is 0. The van der Waals surface area contributed by atoms with Crippen molar-refractivity contribution in [3.05, 3.63) is 24.3 Å². The van der Waals surface area contributed by atoms with Crippen molar-refractivity contribution in [1.29, 1.82) is 0 Å². The van der Waals surface area contributed by atoms with Crippen LogP contribution in [0.5, 0.6) is 0 Å². The molecule has 0 fully saturated rings.